The SMILES string of the molecule is S=C(NCc1ccc(-c2ccccc2)o1)Nc1ccncc1. The number of aromatic nitrogens is 1. The van der Waals surface area contributed by atoms with Crippen LogP contribution in [0, 0.1) is 0 Å². The van der Waals surface area contributed by atoms with Crippen molar-refractivity contribution in [3.63, 3.8) is 0 Å². The highest BCUT2D eigenvalue weighted by Crippen LogP contribution is 2.21. The average molecular weight is 309 g/mol. The van der Waals surface area contributed by atoms with Crippen LogP contribution in [0.2, 0.25) is 0 Å². The quantitative estimate of drug-likeness (QED) is 0.717. The lowest BCUT2D eigenvalue weighted by Crippen LogP contribution is -2.27. The smallest absolute Gasteiger partial charge is 0.171 e. The lowest BCUT2D eigenvalue weighted by molar-refractivity contribution is 0.516. The molecule has 0 aliphatic carbocycles. The van der Waals surface area contributed by atoms with E-state index in [1.807, 2.05) is 54.6 Å². The van der Waals surface area contributed by atoms with Gasteiger partial charge in [-0.25, -0.2) is 0 Å². The van der Waals surface area contributed by atoms with Gasteiger partial charge in [-0.2, -0.15) is 0 Å². The van der Waals surface area contributed by atoms with E-state index in [1.165, 1.54) is 0 Å². The molecule has 0 saturated carbocycles. The van der Waals surface area contributed by atoms with Gasteiger partial charge in [0.05, 0.1) is 6.54 Å². The second-order valence-corrected chi connectivity index (χ2v) is 5.08. The molecule has 0 atom stereocenters. The lowest BCUT2D eigenvalue weighted by Gasteiger charge is -2.08. The van der Waals surface area contributed by atoms with Crippen LogP contribution in [0.15, 0.2) is 71.4 Å². The monoisotopic (exact) mass is 309 g/mol. The second-order valence-electron chi connectivity index (χ2n) is 4.68. The normalized spacial score (nSPS) is 10.2. The summed E-state index contributed by atoms with van der Waals surface area (Å²) in [5, 5.41) is 6.75. The number of hydrogen-bond acceptors (Lipinski definition) is 3. The van der Waals surface area contributed by atoms with Gasteiger partial charge in [0.2, 0.25) is 0 Å². The Bertz CT molecular complexity index is 741. The zero-order valence-electron chi connectivity index (χ0n) is 11.8. The molecule has 0 fully saturated rings. The number of thiocarbonyl (C=S) groups is 1. The predicted octanol–water partition coefficient (Wildman–Crippen LogP) is 3.83. The lowest BCUT2D eigenvalue weighted by atomic mass is 10.2. The van der Waals surface area contributed by atoms with Crippen molar-refractivity contribution >= 4 is 23.0 Å². The van der Waals surface area contributed by atoms with Crippen LogP contribution in [0.25, 0.3) is 11.3 Å². The molecule has 0 amide bonds. The molecule has 1 aromatic carbocycles. The molecule has 2 heterocycles. The molecule has 22 heavy (non-hydrogen) atoms. The Labute approximate surface area is 134 Å². The van der Waals surface area contributed by atoms with Gasteiger partial charge in [-0.1, -0.05) is 30.3 Å². The molecule has 0 aliphatic rings. The number of furan rings is 1. The molecule has 4 nitrogen and oxygen atoms in total. The first-order chi connectivity index (χ1) is 10.8. The van der Waals surface area contributed by atoms with Gasteiger partial charge in [0, 0.05) is 23.6 Å². The minimum absolute atomic E-state index is 0.531. The number of anilines is 1. The zero-order valence-corrected chi connectivity index (χ0v) is 12.6. The van der Waals surface area contributed by atoms with E-state index in [-0.39, 0.29) is 0 Å². The molecule has 0 saturated heterocycles. The van der Waals surface area contributed by atoms with Crippen LogP contribution in [-0.4, -0.2) is 10.1 Å². The molecular weight excluding hydrogens is 294 g/mol. The van der Waals surface area contributed by atoms with Crippen LogP contribution < -0.4 is 10.6 Å². The summed E-state index contributed by atoms with van der Waals surface area (Å²) < 4.78 is 5.81. The van der Waals surface area contributed by atoms with E-state index in [0.29, 0.717) is 11.7 Å². The Hall–Kier alpha value is -2.66. The number of hydrogen-bond donors (Lipinski definition) is 2. The summed E-state index contributed by atoms with van der Waals surface area (Å²) >= 11 is 5.25. The maximum Gasteiger partial charge on any atom is 0.171 e. The summed E-state index contributed by atoms with van der Waals surface area (Å²) in [5.41, 5.74) is 1.96. The largest absolute Gasteiger partial charge is 0.459 e. The fourth-order valence-corrected chi connectivity index (χ4v) is 2.20. The highest BCUT2D eigenvalue weighted by atomic mass is 32.1. The summed E-state index contributed by atoms with van der Waals surface area (Å²) in [7, 11) is 0. The molecule has 3 aromatic rings. The Morgan fingerprint density at radius 3 is 2.55 bits per heavy atom. The first-order valence-corrected chi connectivity index (χ1v) is 7.31. The summed E-state index contributed by atoms with van der Waals surface area (Å²) in [4.78, 5) is 3.96. The highest BCUT2D eigenvalue weighted by molar-refractivity contribution is 7.80. The fourth-order valence-electron chi connectivity index (χ4n) is 2.01. The number of nitrogens with zero attached hydrogens (tertiary/aromatic N) is 1. The van der Waals surface area contributed by atoms with Crippen LogP contribution in [0.1, 0.15) is 5.76 Å². The van der Waals surface area contributed by atoms with Crippen molar-refractivity contribution in [2.45, 2.75) is 6.54 Å². The number of rotatable bonds is 4. The van der Waals surface area contributed by atoms with Crippen molar-refractivity contribution in [1.29, 1.82) is 0 Å². The van der Waals surface area contributed by atoms with Crippen molar-refractivity contribution in [3.8, 4) is 11.3 Å². The van der Waals surface area contributed by atoms with Crippen molar-refractivity contribution in [1.82, 2.24) is 10.3 Å². The van der Waals surface area contributed by atoms with E-state index in [4.69, 9.17) is 16.6 Å². The van der Waals surface area contributed by atoms with Gasteiger partial charge in [0.25, 0.3) is 0 Å². The van der Waals surface area contributed by atoms with E-state index < -0.39 is 0 Å². The van der Waals surface area contributed by atoms with E-state index in [1.54, 1.807) is 12.4 Å². The molecule has 0 radical (unpaired) electrons. The van der Waals surface area contributed by atoms with Gasteiger partial charge in [-0.3, -0.25) is 4.98 Å². The van der Waals surface area contributed by atoms with Crippen LogP contribution in [-0.2, 0) is 6.54 Å². The topological polar surface area (TPSA) is 50.1 Å². The standard InChI is InChI=1S/C17H15N3OS/c22-17(20-14-8-10-18-11-9-14)19-12-15-6-7-16(21-15)13-4-2-1-3-5-13/h1-11H,12H2,(H2,18,19,20,22). The van der Waals surface area contributed by atoms with E-state index in [9.17, 15) is 0 Å². The van der Waals surface area contributed by atoms with Crippen molar-refractivity contribution in [2.75, 3.05) is 5.32 Å². The summed E-state index contributed by atoms with van der Waals surface area (Å²) in [6.07, 6.45) is 3.42. The highest BCUT2D eigenvalue weighted by Gasteiger charge is 2.05. The Morgan fingerprint density at radius 2 is 1.77 bits per heavy atom. The maximum absolute atomic E-state index is 5.81. The minimum Gasteiger partial charge on any atom is -0.459 e. The summed E-state index contributed by atoms with van der Waals surface area (Å²) in [6, 6.07) is 17.6. The van der Waals surface area contributed by atoms with Gasteiger partial charge < -0.3 is 15.1 Å². The van der Waals surface area contributed by atoms with E-state index in [2.05, 4.69) is 15.6 Å². The van der Waals surface area contributed by atoms with Crippen LogP contribution in [0.5, 0.6) is 0 Å². The third kappa shape index (κ3) is 3.71. The van der Waals surface area contributed by atoms with Gasteiger partial charge in [0.1, 0.15) is 11.5 Å². The Kier molecular flexibility index (Phi) is 4.46. The van der Waals surface area contributed by atoms with E-state index >= 15 is 0 Å². The number of benzene rings is 1. The van der Waals surface area contributed by atoms with Gasteiger partial charge in [-0.15, -0.1) is 0 Å². The average Bonchev–Trinajstić information content (AvgIpc) is 3.04. The zero-order chi connectivity index (χ0) is 15.2. The van der Waals surface area contributed by atoms with Crippen LogP contribution in [0.3, 0.4) is 0 Å². The molecule has 3 rings (SSSR count). The van der Waals surface area contributed by atoms with Gasteiger partial charge in [0.15, 0.2) is 5.11 Å². The number of pyridine rings is 1. The first-order valence-electron chi connectivity index (χ1n) is 6.90. The maximum atomic E-state index is 5.81. The molecule has 5 heteroatoms. The molecule has 2 aromatic heterocycles. The van der Waals surface area contributed by atoms with Gasteiger partial charge in [-0.05, 0) is 36.5 Å². The summed E-state index contributed by atoms with van der Waals surface area (Å²) in [5.74, 6) is 1.68. The molecular formula is C17H15N3OS. The van der Waals surface area contributed by atoms with Crippen molar-refractivity contribution < 1.29 is 4.42 Å². The van der Waals surface area contributed by atoms with Crippen LogP contribution in [0.4, 0.5) is 5.69 Å². The van der Waals surface area contributed by atoms with E-state index in [0.717, 1.165) is 22.8 Å². The second kappa shape index (κ2) is 6.87. The van der Waals surface area contributed by atoms with Crippen molar-refractivity contribution in [2.24, 2.45) is 0 Å². The minimum atomic E-state index is 0.531. The Morgan fingerprint density at radius 1 is 1.00 bits per heavy atom. The predicted molar refractivity (Wildman–Crippen MR) is 91.4 cm³/mol. The third-order valence-corrected chi connectivity index (χ3v) is 3.33. The van der Waals surface area contributed by atoms with Crippen molar-refractivity contribution in [3.05, 3.63) is 72.8 Å². The molecule has 2 N–H and O–H groups in total. The first kappa shape index (κ1) is 14.3. The molecule has 0 aliphatic heterocycles. The Balaban J connectivity index is 1.56. The number of nitrogens with one attached hydrogen (secondary N) is 2. The molecule has 110 valence electrons. The van der Waals surface area contributed by atoms with Gasteiger partial charge >= 0.3 is 0 Å². The molecule has 0 unspecified atom stereocenters. The molecule has 0 spiro atoms. The fraction of sp³-hybridized carbons (Fsp3) is 0.0588. The summed E-state index contributed by atoms with van der Waals surface area (Å²) in [6.45, 7) is 0.531. The third-order valence-electron chi connectivity index (χ3n) is 3.08. The van der Waals surface area contributed by atoms with Crippen LogP contribution >= 0.6 is 12.2 Å². The molecule has 0 bridgehead atoms.